The summed E-state index contributed by atoms with van der Waals surface area (Å²) in [6.07, 6.45) is 1.43. The van der Waals surface area contributed by atoms with Crippen LogP contribution >= 0.6 is 0 Å². The lowest BCUT2D eigenvalue weighted by Crippen LogP contribution is -2.04. The summed E-state index contributed by atoms with van der Waals surface area (Å²) in [7, 11) is 0. The molecule has 2 aromatic rings. The van der Waals surface area contributed by atoms with Crippen LogP contribution in [0.2, 0.25) is 0 Å². The van der Waals surface area contributed by atoms with Crippen molar-refractivity contribution in [3.63, 3.8) is 0 Å². The Morgan fingerprint density at radius 3 is 1.39 bits per heavy atom. The van der Waals surface area contributed by atoms with Crippen LogP contribution in [0.5, 0.6) is 0 Å². The van der Waals surface area contributed by atoms with E-state index in [1.807, 2.05) is 64.1 Å². The van der Waals surface area contributed by atoms with E-state index < -0.39 is 0 Å². The van der Waals surface area contributed by atoms with Crippen LogP contribution in [-0.2, 0) is 0 Å². The largest absolute Gasteiger partial charge is 0.294 e. The van der Waals surface area contributed by atoms with Gasteiger partial charge in [-0.15, -0.1) is 0 Å². The lowest BCUT2D eigenvalue weighted by Gasteiger charge is -2.06. The molecule has 0 aromatic heterocycles. The zero-order chi connectivity index (χ0) is 17.0. The zero-order valence-electron chi connectivity index (χ0n) is 14.4. The van der Waals surface area contributed by atoms with E-state index in [1.54, 1.807) is 0 Å². The van der Waals surface area contributed by atoms with Crippen molar-refractivity contribution in [1.82, 2.24) is 0 Å². The molecule has 0 amide bonds. The van der Waals surface area contributed by atoms with Crippen LogP contribution in [0.25, 0.3) is 0 Å². The van der Waals surface area contributed by atoms with Gasteiger partial charge in [-0.05, 0) is 68.5 Å². The molecule has 0 heterocycles. The monoisotopic (exact) mass is 308 g/mol. The van der Waals surface area contributed by atoms with Crippen LogP contribution in [0, 0.1) is 27.7 Å². The van der Waals surface area contributed by atoms with Crippen molar-refractivity contribution < 1.29 is 9.59 Å². The first-order valence-corrected chi connectivity index (χ1v) is 8.09. The molecule has 0 atom stereocenters. The molecule has 2 aromatic carbocycles. The highest BCUT2D eigenvalue weighted by Crippen LogP contribution is 2.15. The van der Waals surface area contributed by atoms with Crippen molar-refractivity contribution in [2.24, 2.45) is 0 Å². The van der Waals surface area contributed by atoms with Gasteiger partial charge in [0, 0.05) is 24.0 Å². The van der Waals surface area contributed by atoms with Crippen LogP contribution in [0.15, 0.2) is 36.4 Å². The highest BCUT2D eigenvalue weighted by atomic mass is 16.1. The summed E-state index contributed by atoms with van der Waals surface area (Å²) in [5.74, 6) is 0.224. The smallest absolute Gasteiger partial charge is 0.162 e. The predicted octanol–water partition coefficient (Wildman–Crippen LogP) is 5.16. The van der Waals surface area contributed by atoms with E-state index in [0.29, 0.717) is 19.3 Å². The van der Waals surface area contributed by atoms with Gasteiger partial charge in [-0.25, -0.2) is 0 Å². The lowest BCUT2D eigenvalue weighted by molar-refractivity contribution is 0.0957. The van der Waals surface area contributed by atoms with E-state index in [2.05, 4.69) is 0 Å². The second-order valence-electron chi connectivity index (χ2n) is 6.30. The Bertz CT molecular complexity index is 678. The van der Waals surface area contributed by atoms with Crippen LogP contribution < -0.4 is 0 Å². The molecule has 2 nitrogen and oxygen atoms in total. The summed E-state index contributed by atoms with van der Waals surface area (Å²) in [5.41, 5.74) is 6.11. The molecule has 2 rings (SSSR count). The standard InChI is InChI=1S/C21H24O2/c1-14-8-10-18(12-16(14)3)20(22)6-5-7-21(23)19-11-9-15(2)17(4)13-19/h8-13H,5-7H2,1-4H3. The number of benzene rings is 2. The van der Waals surface area contributed by atoms with E-state index >= 15 is 0 Å². The summed E-state index contributed by atoms with van der Waals surface area (Å²) in [4.78, 5) is 24.4. The maximum Gasteiger partial charge on any atom is 0.162 e. The van der Waals surface area contributed by atoms with Crippen molar-refractivity contribution in [2.75, 3.05) is 0 Å². The molecule has 0 N–H and O–H groups in total. The maximum absolute atomic E-state index is 12.2. The highest BCUT2D eigenvalue weighted by Gasteiger charge is 2.10. The molecule has 0 radical (unpaired) electrons. The van der Waals surface area contributed by atoms with Gasteiger partial charge in [-0.2, -0.15) is 0 Å². The number of hydrogen-bond acceptors (Lipinski definition) is 2. The molecule has 0 bridgehead atoms. The molecule has 0 aliphatic heterocycles. The number of carbonyl (C=O) groups excluding carboxylic acids is 2. The van der Waals surface area contributed by atoms with Crippen molar-refractivity contribution in [3.8, 4) is 0 Å². The molecule has 0 spiro atoms. The topological polar surface area (TPSA) is 34.1 Å². The molecular formula is C21H24O2. The maximum atomic E-state index is 12.2. The minimum absolute atomic E-state index is 0.112. The minimum atomic E-state index is 0.112. The molecule has 0 aliphatic carbocycles. The van der Waals surface area contributed by atoms with Gasteiger partial charge < -0.3 is 0 Å². The Morgan fingerprint density at radius 2 is 1.04 bits per heavy atom. The van der Waals surface area contributed by atoms with Crippen LogP contribution in [0.3, 0.4) is 0 Å². The third-order valence-corrected chi connectivity index (χ3v) is 4.47. The average molecular weight is 308 g/mol. The second kappa shape index (κ2) is 7.36. The number of aryl methyl sites for hydroxylation is 4. The zero-order valence-corrected chi connectivity index (χ0v) is 14.4. The fourth-order valence-electron chi connectivity index (χ4n) is 2.53. The minimum Gasteiger partial charge on any atom is -0.294 e. The van der Waals surface area contributed by atoms with E-state index in [4.69, 9.17) is 0 Å². The summed E-state index contributed by atoms with van der Waals surface area (Å²) >= 11 is 0. The molecule has 2 heteroatoms. The van der Waals surface area contributed by atoms with Gasteiger partial charge in [0.2, 0.25) is 0 Å². The number of hydrogen-bond donors (Lipinski definition) is 0. The number of rotatable bonds is 6. The van der Waals surface area contributed by atoms with Gasteiger partial charge in [0.05, 0.1) is 0 Å². The van der Waals surface area contributed by atoms with Gasteiger partial charge in [-0.3, -0.25) is 9.59 Å². The Hall–Kier alpha value is -2.22. The Labute approximate surface area is 138 Å². The molecule has 0 fully saturated rings. The van der Waals surface area contributed by atoms with Crippen molar-refractivity contribution >= 4 is 11.6 Å². The van der Waals surface area contributed by atoms with E-state index in [1.165, 1.54) is 11.1 Å². The molecule has 0 saturated carbocycles. The lowest BCUT2D eigenvalue weighted by atomic mass is 9.98. The van der Waals surface area contributed by atoms with Gasteiger partial charge in [-0.1, -0.05) is 24.3 Å². The predicted molar refractivity (Wildman–Crippen MR) is 94.3 cm³/mol. The highest BCUT2D eigenvalue weighted by molar-refractivity contribution is 5.98. The Morgan fingerprint density at radius 1 is 0.652 bits per heavy atom. The third kappa shape index (κ3) is 4.38. The van der Waals surface area contributed by atoms with Crippen molar-refractivity contribution in [2.45, 2.75) is 47.0 Å². The first kappa shape index (κ1) is 17.1. The van der Waals surface area contributed by atoms with E-state index in [9.17, 15) is 9.59 Å². The van der Waals surface area contributed by atoms with E-state index in [0.717, 1.165) is 22.3 Å². The van der Waals surface area contributed by atoms with Crippen LogP contribution in [0.1, 0.15) is 62.2 Å². The number of ketones is 2. The molecule has 120 valence electrons. The molecule has 23 heavy (non-hydrogen) atoms. The van der Waals surface area contributed by atoms with Gasteiger partial charge in [0.25, 0.3) is 0 Å². The fourth-order valence-corrected chi connectivity index (χ4v) is 2.53. The second-order valence-corrected chi connectivity index (χ2v) is 6.30. The van der Waals surface area contributed by atoms with E-state index in [-0.39, 0.29) is 11.6 Å². The molecule has 0 aliphatic rings. The summed E-state index contributed by atoms with van der Waals surface area (Å²) in [6, 6.07) is 11.6. The van der Waals surface area contributed by atoms with Crippen LogP contribution in [0.4, 0.5) is 0 Å². The van der Waals surface area contributed by atoms with Gasteiger partial charge >= 0.3 is 0 Å². The number of carbonyl (C=O) groups is 2. The molecule has 0 saturated heterocycles. The Balaban J connectivity index is 1.91. The fraction of sp³-hybridized carbons (Fsp3) is 0.333. The van der Waals surface area contributed by atoms with Gasteiger partial charge in [0.15, 0.2) is 11.6 Å². The summed E-state index contributed by atoms with van der Waals surface area (Å²) < 4.78 is 0. The Kier molecular flexibility index (Phi) is 5.49. The third-order valence-electron chi connectivity index (χ3n) is 4.47. The molecular weight excluding hydrogens is 284 g/mol. The SMILES string of the molecule is Cc1ccc(C(=O)CCCC(=O)c2ccc(C)c(C)c2)cc1C. The first-order valence-electron chi connectivity index (χ1n) is 8.09. The summed E-state index contributed by atoms with van der Waals surface area (Å²) in [6.45, 7) is 8.09. The molecule has 0 unspecified atom stereocenters. The normalized spacial score (nSPS) is 10.6. The summed E-state index contributed by atoms with van der Waals surface area (Å²) in [5, 5.41) is 0. The quantitative estimate of drug-likeness (QED) is 0.691. The van der Waals surface area contributed by atoms with Gasteiger partial charge in [0.1, 0.15) is 0 Å². The van der Waals surface area contributed by atoms with Crippen LogP contribution in [-0.4, -0.2) is 11.6 Å². The number of Topliss-reactive ketones (excluding diaryl/α,β-unsaturated/α-hetero) is 2. The van der Waals surface area contributed by atoms with Crippen molar-refractivity contribution in [3.05, 3.63) is 69.8 Å². The van der Waals surface area contributed by atoms with Crippen molar-refractivity contribution in [1.29, 1.82) is 0 Å². The first-order chi connectivity index (χ1) is 10.9. The average Bonchev–Trinajstić information content (AvgIpc) is 2.52.